The zero-order valence-corrected chi connectivity index (χ0v) is 12.6. The third-order valence-electron chi connectivity index (χ3n) is 2.01. The van der Waals surface area contributed by atoms with E-state index in [0.717, 1.165) is 13.1 Å². The summed E-state index contributed by atoms with van der Waals surface area (Å²) in [4.78, 5) is 22.8. The molecular formula is C12H26ClN3O2. The molecule has 0 bridgehead atoms. The number of hydrogen-bond donors (Lipinski definition) is 3. The van der Waals surface area contributed by atoms with Crippen LogP contribution in [0.15, 0.2) is 0 Å². The highest BCUT2D eigenvalue weighted by atomic mass is 35.5. The molecule has 0 radical (unpaired) electrons. The fraction of sp³-hybridized carbons (Fsp3) is 0.833. The molecule has 2 amide bonds. The summed E-state index contributed by atoms with van der Waals surface area (Å²) in [5.74, 6) is -0.232. The summed E-state index contributed by atoms with van der Waals surface area (Å²) in [5, 5.41) is 8.43. The minimum Gasteiger partial charge on any atom is -0.353 e. The number of nitrogens with one attached hydrogen (secondary N) is 3. The highest BCUT2D eigenvalue weighted by Crippen LogP contribution is 2.17. The summed E-state index contributed by atoms with van der Waals surface area (Å²) in [6, 6.07) is 0. The minimum atomic E-state index is -0.148. The Morgan fingerprint density at radius 1 is 1.00 bits per heavy atom. The summed E-state index contributed by atoms with van der Waals surface area (Å²) >= 11 is 0. The molecule has 108 valence electrons. The summed E-state index contributed by atoms with van der Waals surface area (Å²) in [5.41, 5.74) is -0.0500. The number of hydrogen-bond acceptors (Lipinski definition) is 3. The summed E-state index contributed by atoms with van der Waals surface area (Å²) in [6.07, 6.45) is 0.428. The predicted molar refractivity (Wildman–Crippen MR) is 75.9 cm³/mol. The number of likely N-dealkylation sites (N-methyl/N-ethyl adjacent to an activating group) is 1. The lowest BCUT2D eigenvalue weighted by molar-refractivity contribution is -0.127. The van der Waals surface area contributed by atoms with Gasteiger partial charge in [-0.3, -0.25) is 9.59 Å². The van der Waals surface area contributed by atoms with Crippen LogP contribution < -0.4 is 16.0 Å². The molecule has 0 aromatic heterocycles. The van der Waals surface area contributed by atoms with E-state index in [1.807, 2.05) is 27.7 Å². The molecule has 0 heterocycles. The molecule has 0 saturated carbocycles. The normalized spacial score (nSPS) is 10.4. The largest absolute Gasteiger partial charge is 0.353 e. The third kappa shape index (κ3) is 13.3. The van der Waals surface area contributed by atoms with Crippen LogP contribution in [0.3, 0.4) is 0 Å². The Labute approximate surface area is 116 Å². The Bertz CT molecular complexity index is 252. The van der Waals surface area contributed by atoms with Gasteiger partial charge in [0.15, 0.2) is 0 Å². The molecule has 0 unspecified atom stereocenters. The molecule has 0 aromatic rings. The summed E-state index contributed by atoms with van der Waals surface area (Å²) in [7, 11) is 0. The number of carbonyl (C=O) groups excluding carboxylic acids is 2. The maximum atomic E-state index is 11.4. The fourth-order valence-electron chi connectivity index (χ4n) is 1.25. The predicted octanol–water partition coefficient (Wildman–Crippen LogP) is 0.686. The Morgan fingerprint density at radius 3 is 2.11 bits per heavy atom. The van der Waals surface area contributed by atoms with E-state index >= 15 is 0 Å². The van der Waals surface area contributed by atoms with Crippen molar-refractivity contribution in [2.45, 2.75) is 34.1 Å². The number of halogens is 1. The maximum absolute atomic E-state index is 11.4. The summed E-state index contributed by atoms with van der Waals surface area (Å²) in [6.45, 7) is 10.3. The van der Waals surface area contributed by atoms with Crippen molar-refractivity contribution >= 4 is 24.2 Å². The van der Waals surface area contributed by atoms with Crippen molar-refractivity contribution in [2.24, 2.45) is 5.41 Å². The first-order valence-corrected chi connectivity index (χ1v) is 6.09. The fourth-order valence-corrected chi connectivity index (χ4v) is 1.25. The van der Waals surface area contributed by atoms with Gasteiger partial charge >= 0.3 is 0 Å². The molecule has 0 fully saturated rings. The minimum absolute atomic E-state index is 0. The van der Waals surface area contributed by atoms with Gasteiger partial charge < -0.3 is 16.0 Å². The molecule has 0 aliphatic rings. The number of amides is 2. The first-order valence-electron chi connectivity index (χ1n) is 6.09. The van der Waals surface area contributed by atoms with Crippen LogP contribution in [0.5, 0.6) is 0 Å². The monoisotopic (exact) mass is 279 g/mol. The Balaban J connectivity index is 0. The van der Waals surface area contributed by atoms with Crippen molar-refractivity contribution in [3.63, 3.8) is 0 Å². The SMILES string of the molecule is CCNCCNC(=O)CNC(=O)CC(C)(C)C.Cl. The van der Waals surface area contributed by atoms with Crippen molar-refractivity contribution < 1.29 is 9.59 Å². The molecule has 0 aliphatic heterocycles. The molecule has 0 saturated heterocycles. The summed E-state index contributed by atoms with van der Waals surface area (Å²) < 4.78 is 0. The topological polar surface area (TPSA) is 70.2 Å². The zero-order valence-electron chi connectivity index (χ0n) is 11.8. The molecule has 0 rings (SSSR count). The second-order valence-electron chi connectivity index (χ2n) is 5.22. The van der Waals surface area contributed by atoms with E-state index in [0.29, 0.717) is 13.0 Å². The second kappa shape index (κ2) is 10.1. The Morgan fingerprint density at radius 2 is 1.61 bits per heavy atom. The molecule has 3 N–H and O–H groups in total. The van der Waals surface area contributed by atoms with Gasteiger partial charge in [0.05, 0.1) is 6.54 Å². The molecular weight excluding hydrogens is 254 g/mol. The van der Waals surface area contributed by atoms with Crippen LogP contribution in [0.4, 0.5) is 0 Å². The first-order chi connectivity index (χ1) is 7.85. The molecule has 0 atom stereocenters. The smallest absolute Gasteiger partial charge is 0.239 e. The molecule has 5 nitrogen and oxygen atoms in total. The van der Waals surface area contributed by atoms with Gasteiger partial charge in [-0.05, 0) is 12.0 Å². The van der Waals surface area contributed by atoms with Gasteiger partial charge in [0.25, 0.3) is 0 Å². The quantitative estimate of drug-likeness (QED) is 0.601. The van der Waals surface area contributed by atoms with E-state index < -0.39 is 0 Å². The number of carbonyl (C=O) groups is 2. The van der Waals surface area contributed by atoms with Crippen molar-refractivity contribution in [1.82, 2.24) is 16.0 Å². The van der Waals surface area contributed by atoms with Gasteiger partial charge in [-0.1, -0.05) is 27.7 Å². The van der Waals surface area contributed by atoms with Gasteiger partial charge in [0.1, 0.15) is 0 Å². The van der Waals surface area contributed by atoms with Crippen LogP contribution in [0, 0.1) is 5.41 Å². The van der Waals surface area contributed by atoms with Crippen LogP contribution in [-0.2, 0) is 9.59 Å². The second-order valence-corrected chi connectivity index (χ2v) is 5.22. The molecule has 6 heteroatoms. The van der Waals surface area contributed by atoms with Crippen LogP contribution in [0.1, 0.15) is 34.1 Å². The van der Waals surface area contributed by atoms with Gasteiger partial charge in [-0.25, -0.2) is 0 Å². The third-order valence-corrected chi connectivity index (χ3v) is 2.01. The lowest BCUT2D eigenvalue weighted by Gasteiger charge is -2.17. The highest BCUT2D eigenvalue weighted by Gasteiger charge is 2.16. The van der Waals surface area contributed by atoms with Gasteiger partial charge in [-0.15, -0.1) is 12.4 Å². The van der Waals surface area contributed by atoms with Crippen molar-refractivity contribution in [2.75, 3.05) is 26.2 Å². The van der Waals surface area contributed by atoms with Gasteiger partial charge in [-0.2, -0.15) is 0 Å². The van der Waals surface area contributed by atoms with E-state index in [9.17, 15) is 9.59 Å². The average molecular weight is 280 g/mol. The zero-order chi connectivity index (χ0) is 13.3. The van der Waals surface area contributed by atoms with Crippen LogP contribution in [0.25, 0.3) is 0 Å². The van der Waals surface area contributed by atoms with E-state index in [4.69, 9.17) is 0 Å². The van der Waals surface area contributed by atoms with Crippen LogP contribution in [-0.4, -0.2) is 38.0 Å². The van der Waals surface area contributed by atoms with Crippen molar-refractivity contribution in [1.29, 1.82) is 0 Å². The average Bonchev–Trinajstić information content (AvgIpc) is 2.19. The van der Waals surface area contributed by atoms with Crippen LogP contribution >= 0.6 is 12.4 Å². The molecule has 0 spiro atoms. The molecule has 0 aromatic carbocycles. The van der Waals surface area contributed by atoms with E-state index in [2.05, 4.69) is 16.0 Å². The van der Waals surface area contributed by atoms with Crippen LogP contribution in [0.2, 0.25) is 0 Å². The number of rotatable bonds is 7. The van der Waals surface area contributed by atoms with Crippen molar-refractivity contribution in [3.8, 4) is 0 Å². The van der Waals surface area contributed by atoms with Gasteiger partial charge in [0.2, 0.25) is 11.8 Å². The molecule has 0 aliphatic carbocycles. The molecule has 18 heavy (non-hydrogen) atoms. The van der Waals surface area contributed by atoms with Gasteiger partial charge in [0, 0.05) is 19.5 Å². The van der Waals surface area contributed by atoms with E-state index in [1.165, 1.54) is 0 Å². The van der Waals surface area contributed by atoms with E-state index in [1.54, 1.807) is 0 Å². The Hall–Kier alpha value is -0.810. The Kier molecular flexibility index (Phi) is 11.0. The lowest BCUT2D eigenvalue weighted by Crippen LogP contribution is -2.40. The highest BCUT2D eigenvalue weighted by molar-refractivity contribution is 5.85. The standard InChI is InChI=1S/C12H25N3O2.ClH/c1-5-13-6-7-14-11(17)9-15-10(16)8-12(2,3)4;/h13H,5-9H2,1-4H3,(H,14,17)(H,15,16);1H. The maximum Gasteiger partial charge on any atom is 0.239 e. The van der Waals surface area contributed by atoms with Crippen molar-refractivity contribution in [3.05, 3.63) is 0 Å². The lowest BCUT2D eigenvalue weighted by atomic mass is 9.92. The van der Waals surface area contributed by atoms with E-state index in [-0.39, 0.29) is 36.2 Å². The first kappa shape index (κ1) is 19.5.